The average molecular weight is 248 g/mol. The third-order valence-corrected chi connectivity index (χ3v) is 2.56. The van der Waals surface area contributed by atoms with E-state index in [1.54, 1.807) is 0 Å². The van der Waals surface area contributed by atoms with Gasteiger partial charge in [-0.25, -0.2) is 4.39 Å². The highest BCUT2D eigenvalue weighted by Gasteiger charge is 2.24. The van der Waals surface area contributed by atoms with Gasteiger partial charge in [0.1, 0.15) is 16.6 Å². The maximum atomic E-state index is 13.7. The number of hydrogen-bond acceptors (Lipinski definition) is 3. The molecule has 1 unspecified atom stereocenters. The van der Waals surface area contributed by atoms with E-state index in [1.165, 1.54) is 19.2 Å². The van der Waals surface area contributed by atoms with Gasteiger partial charge in [0.2, 0.25) is 0 Å². The van der Waals surface area contributed by atoms with Crippen LogP contribution in [-0.4, -0.2) is 24.7 Å². The van der Waals surface area contributed by atoms with Crippen LogP contribution in [0.25, 0.3) is 0 Å². The molecule has 0 aromatic heterocycles. The summed E-state index contributed by atoms with van der Waals surface area (Å²) in [5, 5.41) is 8.61. The maximum Gasteiger partial charge on any atom is 0.312 e. The standard InChI is InChI=1S/C10H11ClFNO3/c1-16-7-3-2-5(9(12)8(7)11)6(4-13)10(14)15/h2-3,6H,4,13H2,1H3,(H,14,15). The van der Waals surface area contributed by atoms with Crippen LogP contribution in [0.2, 0.25) is 5.02 Å². The molecule has 16 heavy (non-hydrogen) atoms. The van der Waals surface area contributed by atoms with Crippen molar-refractivity contribution in [1.82, 2.24) is 0 Å². The zero-order valence-corrected chi connectivity index (χ0v) is 9.29. The summed E-state index contributed by atoms with van der Waals surface area (Å²) in [5.74, 6) is -2.95. The molecule has 0 saturated carbocycles. The summed E-state index contributed by atoms with van der Waals surface area (Å²) in [6.07, 6.45) is 0. The van der Waals surface area contributed by atoms with Crippen LogP contribution in [-0.2, 0) is 4.79 Å². The SMILES string of the molecule is COc1ccc(C(CN)C(=O)O)c(F)c1Cl. The van der Waals surface area contributed by atoms with E-state index in [0.717, 1.165) is 0 Å². The fourth-order valence-electron chi connectivity index (χ4n) is 1.33. The van der Waals surface area contributed by atoms with Crippen molar-refractivity contribution in [3.63, 3.8) is 0 Å². The lowest BCUT2D eigenvalue weighted by atomic mass is 9.99. The summed E-state index contributed by atoms with van der Waals surface area (Å²) in [7, 11) is 1.35. The summed E-state index contributed by atoms with van der Waals surface area (Å²) in [6.45, 7) is -0.199. The Bertz CT molecular complexity index is 411. The Labute approximate surface area is 96.8 Å². The molecule has 3 N–H and O–H groups in total. The highest BCUT2D eigenvalue weighted by atomic mass is 35.5. The summed E-state index contributed by atoms with van der Waals surface area (Å²) in [5.41, 5.74) is 5.23. The molecule has 0 fully saturated rings. The summed E-state index contributed by atoms with van der Waals surface area (Å²) in [4.78, 5) is 10.8. The van der Waals surface area contributed by atoms with Crippen molar-refractivity contribution in [1.29, 1.82) is 0 Å². The molecule has 0 aliphatic carbocycles. The Morgan fingerprint density at radius 2 is 2.31 bits per heavy atom. The molecule has 1 aromatic carbocycles. The van der Waals surface area contributed by atoms with Gasteiger partial charge in [0.05, 0.1) is 13.0 Å². The normalized spacial score (nSPS) is 12.2. The second-order valence-corrected chi connectivity index (χ2v) is 3.49. The van der Waals surface area contributed by atoms with Crippen LogP contribution in [0.3, 0.4) is 0 Å². The van der Waals surface area contributed by atoms with Crippen LogP contribution in [0.1, 0.15) is 11.5 Å². The zero-order valence-electron chi connectivity index (χ0n) is 8.54. The first-order chi connectivity index (χ1) is 7.52. The van der Waals surface area contributed by atoms with Crippen LogP contribution in [0, 0.1) is 5.82 Å². The lowest BCUT2D eigenvalue weighted by Gasteiger charge is -2.13. The highest BCUT2D eigenvalue weighted by molar-refractivity contribution is 6.32. The summed E-state index contributed by atoms with van der Waals surface area (Å²) < 4.78 is 18.5. The molecule has 0 amide bonds. The Morgan fingerprint density at radius 1 is 1.69 bits per heavy atom. The number of carboxylic acid groups (broad SMARTS) is 1. The molecular formula is C10H11ClFNO3. The number of rotatable bonds is 4. The summed E-state index contributed by atoms with van der Waals surface area (Å²) in [6, 6.07) is 2.72. The number of carboxylic acids is 1. The van der Waals surface area contributed by atoms with E-state index in [9.17, 15) is 9.18 Å². The van der Waals surface area contributed by atoms with Gasteiger partial charge in [-0.05, 0) is 6.07 Å². The number of nitrogens with two attached hydrogens (primary N) is 1. The van der Waals surface area contributed by atoms with Crippen molar-refractivity contribution >= 4 is 17.6 Å². The predicted molar refractivity (Wildman–Crippen MR) is 57.4 cm³/mol. The second-order valence-electron chi connectivity index (χ2n) is 3.11. The molecular weight excluding hydrogens is 237 g/mol. The van der Waals surface area contributed by atoms with Crippen molar-refractivity contribution in [2.24, 2.45) is 5.73 Å². The van der Waals surface area contributed by atoms with E-state index in [0.29, 0.717) is 0 Å². The number of hydrogen-bond donors (Lipinski definition) is 2. The van der Waals surface area contributed by atoms with E-state index < -0.39 is 17.7 Å². The van der Waals surface area contributed by atoms with Gasteiger partial charge in [-0.3, -0.25) is 4.79 Å². The van der Waals surface area contributed by atoms with Crippen LogP contribution in [0.4, 0.5) is 4.39 Å². The molecule has 1 aromatic rings. The number of halogens is 2. The first-order valence-corrected chi connectivity index (χ1v) is 4.85. The van der Waals surface area contributed by atoms with E-state index in [4.69, 9.17) is 27.2 Å². The topological polar surface area (TPSA) is 72.5 Å². The monoisotopic (exact) mass is 247 g/mol. The largest absolute Gasteiger partial charge is 0.495 e. The van der Waals surface area contributed by atoms with Crippen molar-refractivity contribution in [3.05, 3.63) is 28.5 Å². The number of carbonyl (C=O) groups is 1. The van der Waals surface area contributed by atoms with Crippen LogP contribution < -0.4 is 10.5 Å². The van der Waals surface area contributed by atoms with Crippen molar-refractivity contribution in [2.45, 2.75) is 5.92 Å². The number of benzene rings is 1. The van der Waals surface area contributed by atoms with Crippen LogP contribution in [0.5, 0.6) is 5.75 Å². The van der Waals surface area contributed by atoms with Gasteiger partial charge in [0.25, 0.3) is 0 Å². The molecule has 6 heteroatoms. The van der Waals surface area contributed by atoms with Crippen LogP contribution >= 0.6 is 11.6 Å². The molecule has 0 spiro atoms. The number of ether oxygens (including phenoxy) is 1. The number of methoxy groups -OCH3 is 1. The second kappa shape index (κ2) is 5.14. The zero-order chi connectivity index (χ0) is 12.3. The molecule has 0 radical (unpaired) electrons. The maximum absolute atomic E-state index is 13.7. The molecule has 0 bridgehead atoms. The molecule has 0 heterocycles. The lowest BCUT2D eigenvalue weighted by molar-refractivity contribution is -0.138. The molecule has 0 aliphatic heterocycles. The minimum Gasteiger partial charge on any atom is -0.495 e. The van der Waals surface area contributed by atoms with E-state index in [-0.39, 0.29) is 22.9 Å². The lowest BCUT2D eigenvalue weighted by Crippen LogP contribution is -2.22. The summed E-state index contributed by atoms with van der Waals surface area (Å²) >= 11 is 5.67. The third kappa shape index (κ3) is 2.25. The van der Waals surface area contributed by atoms with Gasteiger partial charge in [-0.1, -0.05) is 17.7 Å². The third-order valence-electron chi connectivity index (χ3n) is 2.21. The van der Waals surface area contributed by atoms with Gasteiger partial charge in [-0.2, -0.15) is 0 Å². The molecule has 88 valence electrons. The quantitative estimate of drug-likeness (QED) is 0.848. The Kier molecular flexibility index (Phi) is 4.09. The molecule has 1 rings (SSSR count). The van der Waals surface area contributed by atoms with Crippen molar-refractivity contribution in [2.75, 3.05) is 13.7 Å². The fourth-order valence-corrected chi connectivity index (χ4v) is 1.58. The molecule has 1 atom stereocenters. The van der Waals surface area contributed by atoms with Gasteiger partial charge in [0, 0.05) is 12.1 Å². The average Bonchev–Trinajstić information content (AvgIpc) is 2.25. The predicted octanol–water partition coefficient (Wildman–Crippen LogP) is 1.61. The van der Waals surface area contributed by atoms with Crippen LogP contribution in [0.15, 0.2) is 12.1 Å². The van der Waals surface area contributed by atoms with E-state index in [1.807, 2.05) is 0 Å². The first-order valence-electron chi connectivity index (χ1n) is 4.47. The Balaban J connectivity index is 3.25. The molecule has 0 aliphatic rings. The Morgan fingerprint density at radius 3 is 2.75 bits per heavy atom. The van der Waals surface area contributed by atoms with Gasteiger partial charge >= 0.3 is 5.97 Å². The number of aliphatic carboxylic acids is 1. The van der Waals surface area contributed by atoms with Gasteiger partial charge in [-0.15, -0.1) is 0 Å². The van der Waals surface area contributed by atoms with Gasteiger partial charge < -0.3 is 15.6 Å². The van der Waals surface area contributed by atoms with Crippen molar-refractivity contribution < 1.29 is 19.0 Å². The molecule has 0 saturated heterocycles. The van der Waals surface area contributed by atoms with E-state index >= 15 is 0 Å². The highest BCUT2D eigenvalue weighted by Crippen LogP contribution is 2.32. The Hall–Kier alpha value is -1.33. The first kappa shape index (κ1) is 12.7. The smallest absolute Gasteiger partial charge is 0.312 e. The van der Waals surface area contributed by atoms with E-state index in [2.05, 4.69) is 0 Å². The minimum absolute atomic E-state index is 0.0409. The van der Waals surface area contributed by atoms with Gasteiger partial charge in [0.15, 0.2) is 0 Å². The molecule has 4 nitrogen and oxygen atoms in total. The minimum atomic E-state index is -1.19. The van der Waals surface area contributed by atoms with Crippen molar-refractivity contribution in [3.8, 4) is 5.75 Å². The fraction of sp³-hybridized carbons (Fsp3) is 0.300.